The molecule has 29 heavy (non-hydrogen) atoms. The number of benzene rings is 1. The van der Waals surface area contributed by atoms with Crippen LogP contribution in [0.3, 0.4) is 0 Å². The Labute approximate surface area is 171 Å². The molecule has 1 aromatic carbocycles. The number of fused-ring (bicyclic) bond motifs is 1. The monoisotopic (exact) mass is 415 g/mol. The van der Waals surface area contributed by atoms with Crippen molar-refractivity contribution < 1.29 is 19.4 Å². The Morgan fingerprint density at radius 2 is 2.24 bits per heavy atom. The fourth-order valence-electron chi connectivity index (χ4n) is 3.07. The molecule has 0 bridgehead atoms. The topological polar surface area (TPSA) is 109 Å². The number of carbonyl (C=O) groups excluding carboxylic acids is 1. The zero-order valence-electron chi connectivity index (χ0n) is 15.8. The number of ether oxygens (including phenoxy) is 2. The van der Waals surface area contributed by atoms with Gasteiger partial charge in [0.15, 0.2) is 17.2 Å². The molecule has 2 N–H and O–H groups in total. The van der Waals surface area contributed by atoms with Crippen molar-refractivity contribution in [2.24, 2.45) is 5.10 Å². The van der Waals surface area contributed by atoms with Gasteiger partial charge in [-0.2, -0.15) is 20.1 Å². The van der Waals surface area contributed by atoms with Crippen molar-refractivity contribution >= 4 is 29.5 Å². The molecule has 2 amide bonds. The van der Waals surface area contributed by atoms with Crippen molar-refractivity contribution in [2.45, 2.75) is 26.2 Å². The van der Waals surface area contributed by atoms with Crippen LogP contribution >= 0.6 is 11.6 Å². The van der Waals surface area contributed by atoms with Crippen molar-refractivity contribution in [3.8, 4) is 23.3 Å². The van der Waals surface area contributed by atoms with Crippen LogP contribution in [0.5, 0.6) is 23.3 Å². The van der Waals surface area contributed by atoms with E-state index in [1.165, 1.54) is 18.5 Å². The first-order valence-corrected chi connectivity index (χ1v) is 9.29. The predicted molar refractivity (Wildman–Crippen MR) is 107 cm³/mol. The SMILES string of the molecule is C=C1C=NN(c2cc(Cl)c(Oc3ncc(O)c(C(C)C)n3)c3c2OCC3)C(=O)N1. The van der Waals surface area contributed by atoms with Gasteiger partial charge in [0.1, 0.15) is 5.69 Å². The number of allylic oxidation sites excluding steroid dienone is 1. The molecule has 2 aromatic rings. The van der Waals surface area contributed by atoms with E-state index >= 15 is 0 Å². The third kappa shape index (κ3) is 3.44. The summed E-state index contributed by atoms with van der Waals surface area (Å²) in [5.74, 6) is 0.775. The Hall–Kier alpha value is -3.33. The minimum atomic E-state index is -0.469. The van der Waals surface area contributed by atoms with Crippen molar-refractivity contribution in [1.29, 1.82) is 0 Å². The average molecular weight is 416 g/mol. The van der Waals surface area contributed by atoms with Crippen molar-refractivity contribution in [3.63, 3.8) is 0 Å². The van der Waals surface area contributed by atoms with Crippen LogP contribution in [0.2, 0.25) is 5.02 Å². The van der Waals surface area contributed by atoms with Gasteiger partial charge in [-0.05, 0) is 12.0 Å². The first-order valence-electron chi connectivity index (χ1n) is 8.91. The summed E-state index contributed by atoms with van der Waals surface area (Å²) in [5.41, 5.74) is 1.93. The molecule has 0 radical (unpaired) electrons. The zero-order chi connectivity index (χ0) is 20.7. The first kappa shape index (κ1) is 19.0. The highest BCUT2D eigenvalue weighted by Gasteiger charge is 2.31. The van der Waals surface area contributed by atoms with Gasteiger partial charge in [0.05, 0.1) is 35.4 Å². The summed E-state index contributed by atoms with van der Waals surface area (Å²) in [6.07, 6.45) is 3.24. The van der Waals surface area contributed by atoms with E-state index in [4.69, 9.17) is 21.1 Å². The van der Waals surface area contributed by atoms with E-state index in [2.05, 4.69) is 27.0 Å². The lowest BCUT2D eigenvalue weighted by Gasteiger charge is -2.24. The molecule has 2 aliphatic rings. The molecular formula is C19H18ClN5O4. The number of aromatic nitrogens is 2. The standard InChI is InChI=1S/C19H18ClN5O4/c1-9(2)15-14(26)8-21-18(24-15)29-16-11-4-5-28-17(11)13(6-12(16)20)25-19(27)23-10(3)7-22-25/h6-9,26H,3-5H2,1-2H3,(H,23,27). The molecule has 0 unspecified atom stereocenters. The van der Waals surface area contributed by atoms with Crippen LogP contribution < -0.4 is 19.8 Å². The Balaban J connectivity index is 1.75. The van der Waals surface area contributed by atoms with Gasteiger partial charge in [-0.15, -0.1) is 0 Å². The lowest BCUT2D eigenvalue weighted by atomic mass is 10.1. The zero-order valence-corrected chi connectivity index (χ0v) is 16.5. The third-order valence-electron chi connectivity index (χ3n) is 4.39. The molecule has 0 aliphatic carbocycles. The largest absolute Gasteiger partial charge is 0.504 e. The van der Waals surface area contributed by atoms with Gasteiger partial charge < -0.3 is 19.9 Å². The molecule has 0 saturated heterocycles. The number of rotatable bonds is 4. The molecule has 1 aromatic heterocycles. The second kappa shape index (κ2) is 7.25. The normalized spacial score (nSPS) is 15.4. The smallest absolute Gasteiger partial charge is 0.347 e. The quantitative estimate of drug-likeness (QED) is 0.787. The second-order valence-corrected chi connectivity index (χ2v) is 7.21. The number of hydrazone groups is 1. The van der Waals surface area contributed by atoms with Gasteiger partial charge in [0.25, 0.3) is 0 Å². The highest BCUT2D eigenvalue weighted by molar-refractivity contribution is 6.32. The number of halogens is 1. The molecule has 4 rings (SSSR count). The van der Waals surface area contributed by atoms with Crippen molar-refractivity contribution in [3.05, 3.63) is 40.8 Å². The minimum absolute atomic E-state index is 0.00193. The molecule has 0 spiro atoms. The van der Waals surface area contributed by atoms with E-state index in [0.717, 1.165) is 5.01 Å². The van der Waals surface area contributed by atoms with E-state index in [1.54, 1.807) is 0 Å². The fraction of sp³-hybridized carbons (Fsp3) is 0.263. The van der Waals surface area contributed by atoms with E-state index in [0.29, 0.717) is 47.2 Å². The number of urea groups is 1. The maximum absolute atomic E-state index is 12.3. The molecule has 2 aliphatic heterocycles. The number of carbonyl (C=O) groups is 1. The van der Waals surface area contributed by atoms with Crippen LogP contribution in [0.4, 0.5) is 10.5 Å². The molecule has 3 heterocycles. The highest BCUT2D eigenvalue weighted by atomic mass is 35.5. The number of nitrogens with zero attached hydrogens (tertiary/aromatic N) is 4. The maximum Gasteiger partial charge on any atom is 0.347 e. The number of nitrogens with one attached hydrogen (secondary N) is 1. The summed E-state index contributed by atoms with van der Waals surface area (Å²) in [7, 11) is 0. The fourth-order valence-corrected chi connectivity index (χ4v) is 3.33. The predicted octanol–water partition coefficient (Wildman–Crippen LogP) is 3.72. The van der Waals surface area contributed by atoms with Crippen molar-refractivity contribution in [1.82, 2.24) is 15.3 Å². The summed E-state index contributed by atoms with van der Waals surface area (Å²) in [6, 6.07) is 1.12. The van der Waals surface area contributed by atoms with E-state index in [9.17, 15) is 9.90 Å². The third-order valence-corrected chi connectivity index (χ3v) is 4.67. The summed E-state index contributed by atoms with van der Waals surface area (Å²) >= 11 is 6.48. The average Bonchev–Trinajstić information content (AvgIpc) is 3.15. The minimum Gasteiger partial charge on any atom is -0.504 e. The number of amides is 2. The van der Waals surface area contributed by atoms with Gasteiger partial charge in [0, 0.05) is 12.0 Å². The molecule has 0 fully saturated rings. The van der Waals surface area contributed by atoms with Crippen LogP contribution in [-0.4, -0.2) is 33.9 Å². The number of anilines is 1. The van der Waals surface area contributed by atoms with Crippen LogP contribution in [0, 0.1) is 0 Å². The second-order valence-electron chi connectivity index (χ2n) is 6.80. The van der Waals surface area contributed by atoms with Gasteiger partial charge in [-0.3, -0.25) is 0 Å². The Kier molecular flexibility index (Phi) is 4.75. The molecule has 10 heteroatoms. The first-order chi connectivity index (χ1) is 13.8. The summed E-state index contributed by atoms with van der Waals surface area (Å²) < 4.78 is 11.6. The highest BCUT2D eigenvalue weighted by Crippen LogP contribution is 2.47. The molecule has 150 valence electrons. The van der Waals surface area contributed by atoms with Gasteiger partial charge >= 0.3 is 12.0 Å². The summed E-state index contributed by atoms with van der Waals surface area (Å²) in [4.78, 5) is 20.6. The van der Waals surface area contributed by atoms with Gasteiger partial charge in [0.2, 0.25) is 0 Å². The van der Waals surface area contributed by atoms with Gasteiger partial charge in [-0.1, -0.05) is 32.0 Å². The molecular weight excluding hydrogens is 398 g/mol. The summed E-state index contributed by atoms with van der Waals surface area (Å²) in [5, 5.41) is 18.0. The number of aromatic hydroxyl groups is 1. The van der Waals surface area contributed by atoms with E-state index in [-0.39, 0.29) is 22.7 Å². The van der Waals surface area contributed by atoms with E-state index in [1.807, 2.05) is 13.8 Å². The molecule has 0 atom stereocenters. The maximum atomic E-state index is 12.3. The Morgan fingerprint density at radius 1 is 1.45 bits per heavy atom. The molecule has 0 saturated carbocycles. The van der Waals surface area contributed by atoms with Crippen LogP contribution in [-0.2, 0) is 6.42 Å². The van der Waals surface area contributed by atoms with Gasteiger partial charge in [-0.25, -0.2) is 4.79 Å². The van der Waals surface area contributed by atoms with Crippen LogP contribution in [0.15, 0.2) is 29.6 Å². The Bertz CT molecular complexity index is 1050. The van der Waals surface area contributed by atoms with E-state index < -0.39 is 6.03 Å². The molecule has 9 nitrogen and oxygen atoms in total. The van der Waals surface area contributed by atoms with Crippen LogP contribution in [0.25, 0.3) is 0 Å². The number of hydrogen-bond acceptors (Lipinski definition) is 7. The van der Waals surface area contributed by atoms with Crippen LogP contribution in [0.1, 0.15) is 31.0 Å². The number of hydrogen-bond donors (Lipinski definition) is 2. The van der Waals surface area contributed by atoms with Crippen molar-refractivity contribution in [2.75, 3.05) is 11.6 Å². The lowest BCUT2D eigenvalue weighted by Crippen LogP contribution is -2.40. The summed E-state index contributed by atoms with van der Waals surface area (Å²) in [6.45, 7) is 7.86. The Morgan fingerprint density at radius 3 is 2.97 bits per heavy atom. The lowest BCUT2D eigenvalue weighted by molar-refractivity contribution is 0.248.